The van der Waals surface area contributed by atoms with Gasteiger partial charge in [0.25, 0.3) is 0 Å². The molecule has 0 spiro atoms. The van der Waals surface area contributed by atoms with Crippen LogP contribution in [0.1, 0.15) is 56.5 Å². The lowest BCUT2D eigenvalue weighted by atomic mass is 10.0. The summed E-state index contributed by atoms with van der Waals surface area (Å²) in [6.45, 7) is 8.71. The number of rotatable bonds is 7. The van der Waals surface area contributed by atoms with Gasteiger partial charge in [-0.05, 0) is 32.1 Å². The van der Waals surface area contributed by atoms with E-state index in [1.165, 1.54) is 28.5 Å². The zero-order valence-electron chi connectivity index (χ0n) is 12.0. The minimum absolute atomic E-state index is 0.566. The number of nitrogens with one attached hydrogen (secondary N) is 1. The first-order valence-corrected chi connectivity index (χ1v) is 7.91. The molecule has 1 heterocycles. The van der Waals surface area contributed by atoms with Crippen molar-refractivity contribution in [1.82, 2.24) is 10.3 Å². The number of nitrogens with zero attached hydrogens (tertiary/aromatic N) is 2. The maximum Gasteiger partial charge on any atom is 0.185 e. The first-order chi connectivity index (χ1) is 8.65. The molecule has 1 unspecified atom stereocenters. The van der Waals surface area contributed by atoms with Crippen LogP contribution >= 0.6 is 11.3 Å². The molecule has 0 aliphatic heterocycles. The van der Waals surface area contributed by atoms with Gasteiger partial charge in [0.1, 0.15) is 0 Å². The molecular weight excluding hydrogens is 242 g/mol. The van der Waals surface area contributed by atoms with Gasteiger partial charge in [-0.3, -0.25) is 0 Å². The van der Waals surface area contributed by atoms with Crippen molar-refractivity contribution >= 4 is 16.5 Å². The van der Waals surface area contributed by atoms with Crippen molar-refractivity contribution in [1.29, 1.82) is 0 Å². The maximum atomic E-state index is 4.85. The normalized spacial score (nSPS) is 16.9. The summed E-state index contributed by atoms with van der Waals surface area (Å²) < 4.78 is 0. The largest absolute Gasteiger partial charge is 0.351 e. The second-order valence-corrected chi connectivity index (χ2v) is 6.35. The number of thiazole rings is 1. The fourth-order valence-corrected chi connectivity index (χ4v) is 3.03. The van der Waals surface area contributed by atoms with E-state index in [9.17, 15) is 0 Å². The van der Waals surface area contributed by atoms with E-state index in [4.69, 9.17) is 4.98 Å². The van der Waals surface area contributed by atoms with E-state index < -0.39 is 0 Å². The van der Waals surface area contributed by atoms with Crippen LogP contribution in [0.25, 0.3) is 0 Å². The van der Waals surface area contributed by atoms with E-state index in [2.05, 4.69) is 38.0 Å². The van der Waals surface area contributed by atoms with Crippen LogP contribution < -0.4 is 10.2 Å². The summed E-state index contributed by atoms with van der Waals surface area (Å²) in [5.74, 6) is 0.566. The third-order valence-electron chi connectivity index (χ3n) is 3.72. The van der Waals surface area contributed by atoms with Gasteiger partial charge in [0.05, 0.1) is 5.69 Å². The fourth-order valence-electron chi connectivity index (χ4n) is 1.88. The molecule has 0 radical (unpaired) electrons. The number of anilines is 1. The van der Waals surface area contributed by atoms with Gasteiger partial charge in [-0.2, -0.15) is 0 Å². The summed E-state index contributed by atoms with van der Waals surface area (Å²) >= 11 is 1.86. The molecule has 1 atom stereocenters. The lowest BCUT2D eigenvalue weighted by Gasteiger charge is -2.11. The molecule has 1 aliphatic rings. The van der Waals surface area contributed by atoms with Gasteiger partial charge in [0.15, 0.2) is 5.13 Å². The molecular formula is C14H25N3S. The first-order valence-electron chi connectivity index (χ1n) is 7.09. The molecule has 0 aromatic carbocycles. The zero-order chi connectivity index (χ0) is 13.1. The summed E-state index contributed by atoms with van der Waals surface area (Å²) in [7, 11) is 2.12. The Morgan fingerprint density at radius 3 is 2.72 bits per heavy atom. The van der Waals surface area contributed by atoms with Crippen LogP contribution in [0.15, 0.2) is 0 Å². The Bertz CT molecular complexity index is 384. The highest BCUT2D eigenvalue weighted by Gasteiger charge is 2.23. The van der Waals surface area contributed by atoms with Gasteiger partial charge in [-0.15, -0.1) is 11.3 Å². The summed E-state index contributed by atoms with van der Waals surface area (Å²) in [5.41, 5.74) is 1.31. The molecule has 4 heteroatoms. The summed E-state index contributed by atoms with van der Waals surface area (Å²) in [4.78, 5) is 8.52. The molecule has 2 rings (SSSR count). The number of hydrogen-bond acceptors (Lipinski definition) is 4. The Hall–Kier alpha value is -0.610. The van der Waals surface area contributed by atoms with Crippen LogP contribution in [-0.2, 0) is 6.54 Å². The standard InChI is InChI=1S/C14H25N3S/c1-5-10(3)13-12(9-15-11-7-8-11)18-14(16-13)17(4)6-2/h10-11,15H,5-9H2,1-4H3. The third kappa shape index (κ3) is 3.23. The second kappa shape index (κ2) is 6.02. The van der Waals surface area contributed by atoms with Crippen molar-refractivity contribution in [2.75, 3.05) is 18.5 Å². The highest BCUT2D eigenvalue weighted by atomic mass is 32.1. The molecule has 1 N–H and O–H groups in total. The van der Waals surface area contributed by atoms with Crippen LogP contribution in [0, 0.1) is 0 Å². The van der Waals surface area contributed by atoms with Gasteiger partial charge in [0, 0.05) is 31.1 Å². The van der Waals surface area contributed by atoms with Crippen molar-refractivity contribution in [3.63, 3.8) is 0 Å². The smallest absolute Gasteiger partial charge is 0.185 e. The van der Waals surface area contributed by atoms with Crippen LogP contribution in [0.3, 0.4) is 0 Å². The first kappa shape index (κ1) is 13.8. The van der Waals surface area contributed by atoms with Crippen LogP contribution in [0.2, 0.25) is 0 Å². The summed E-state index contributed by atoms with van der Waals surface area (Å²) in [5, 5.41) is 4.78. The average molecular weight is 267 g/mol. The molecule has 0 saturated heterocycles. The Kier molecular flexibility index (Phi) is 4.62. The molecule has 1 aliphatic carbocycles. The Morgan fingerprint density at radius 2 is 2.17 bits per heavy atom. The van der Waals surface area contributed by atoms with E-state index in [-0.39, 0.29) is 0 Å². The van der Waals surface area contributed by atoms with Crippen molar-refractivity contribution < 1.29 is 0 Å². The number of aromatic nitrogens is 1. The predicted octanol–water partition coefficient (Wildman–Crippen LogP) is 3.36. The van der Waals surface area contributed by atoms with Gasteiger partial charge >= 0.3 is 0 Å². The summed E-state index contributed by atoms with van der Waals surface area (Å²) in [6.07, 6.45) is 3.85. The zero-order valence-corrected chi connectivity index (χ0v) is 12.8. The number of hydrogen-bond donors (Lipinski definition) is 1. The average Bonchev–Trinajstić information content (AvgIpc) is 3.13. The highest BCUT2D eigenvalue weighted by molar-refractivity contribution is 7.15. The van der Waals surface area contributed by atoms with E-state index >= 15 is 0 Å². The van der Waals surface area contributed by atoms with E-state index in [0.29, 0.717) is 5.92 Å². The van der Waals surface area contributed by atoms with Gasteiger partial charge < -0.3 is 10.2 Å². The van der Waals surface area contributed by atoms with Crippen molar-refractivity contribution in [2.24, 2.45) is 0 Å². The third-order valence-corrected chi connectivity index (χ3v) is 4.91. The SMILES string of the molecule is CCC(C)c1nc(N(C)CC)sc1CNC1CC1. The predicted molar refractivity (Wildman–Crippen MR) is 79.6 cm³/mol. The summed E-state index contributed by atoms with van der Waals surface area (Å²) in [6, 6.07) is 0.768. The Labute approximate surface area is 115 Å². The topological polar surface area (TPSA) is 28.2 Å². The Balaban J connectivity index is 2.14. The Morgan fingerprint density at radius 1 is 1.44 bits per heavy atom. The molecule has 102 valence electrons. The minimum atomic E-state index is 0.566. The van der Waals surface area contributed by atoms with Gasteiger partial charge in [-0.1, -0.05) is 13.8 Å². The molecule has 1 fully saturated rings. The molecule has 0 bridgehead atoms. The lowest BCUT2D eigenvalue weighted by molar-refractivity contribution is 0.660. The van der Waals surface area contributed by atoms with Crippen molar-refractivity contribution in [3.05, 3.63) is 10.6 Å². The molecule has 0 amide bonds. The molecule has 1 saturated carbocycles. The minimum Gasteiger partial charge on any atom is -0.351 e. The lowest BCUT2D eigenvalue weighted by Crippen LogP contribution is -2.15. The van der Waals surface area contributed by atoms with E-state index in [1.807, 2.05) is 11.3 Å². The van der Waals surface area contributed by atoms with Crippen molar-refractivity contribution in [3.8, 4) is 0 Å². The molecule has 18 heavy (non-hydrogen) atoms. The van der Waals surface area contributed by atoms with Crippen LogP contribution in [0.4, 0.5) is 5.13 Å². The molecule has 3 nitrogen and oxygen atoms in total. The highest BCUT2D eigenvalue weighted by Crippen LogP contribution is 2.32. The maximum absolute atomic E-state index is 4.85. The van der Waals surface area contributed by atoms with Crippen molar-refractivity contribution in [2.45, 2.75) is 58.5 Å². The quantitative estimate of drug-likeness (QED) is 0.821. The van der Waals surface area contributed by atoms with Gasteiger partial charge in [0.2, 0.25) is 0 Å². The van der Waals surface area contributed by atoms with Gasteiger partial charge in [-0.25, -0.2) is 4.98 Å². The molecule has 1 aromatic heterocycles. The van der Waals surface area contributed by atoms with Crippen LogP contribution in [-0.4, -0.2) is 24.6 Å². The monoisotopic (exact) mass is 267 g/mol. The van der Waals surface area contributed by atoms with E-state index in [1.54, 1.807) is 0 Å². The van der Waals surface area contributed by atoms with Crippen LogP contribution in [0.5, 0.6) is 0 Å². The fraction of sp³-hybridized carbons (Fsp3) is 0.786. The molecule has 1 aromatic rings. The second-order valence-electron chi connectivity index (χ2n) is 5.28. The van der Waals surface area contributed by atoms with E-state index in [0.717, 1.165) is 25.6 Å².